The zero-order chi connectivity index (χ0) is 25.3. The van der Waals surface area contributed by atoms with Crippen LogP contribution in [-0.4, -0.2) is 62.5 Å². The number of methoxy groups -OCH3 is 2. The van der Waals surface area contributed by atoms with Gasteiger partial charge in [0.2, 0.25) is 0 Å². The molecule has 0 fully saturated rings. The molecule has 1 unspecified atom stereocenters. The fourth-order valence-corrected chi connectivity index (χ4v) is 4.37. The van der Waals surface area contributed by atoms with Crippen molar-refractivity contribution < 1.29 is 28.6 Å². The number of ether oxygens (including phenoxy) is 3. The second-order valence-corrected chi connectivity index (χ2v) is 8.26. The van der Waals surface area contributed by atoms with Crippen LogP contribution < -0.4 is 9.64 Å². The number of hydrogen-bond donors (Lipinski definition) is 1. The van der Waals surface area contributed by atoms with Gasteiger partial charge in [0.15, 0.2) is 17.7 Å². The third kappa shape index (κ3) is 4.52. The number of aryl methyl sites for hydroxylation is 1. The average molecular weight is 488 g/mol. The number of aromatic nitrogens is 4. The van der Waals surface area contributed by atoms with Crippen molar-refractivity contribution in [2.75, 3.05) is 19.1 Å². The molecule has 0 saturated carbocycles. The number of nitro benzene ring substituents is 1. The third-order valence-corrected chi connectivity index (χ3v) is 5.99. The lowest BCUT2D eigenvalue weighted by molar-refractivity contribution is -0.385. The molecule has 2 aromatic carbocycles. The fraction of sp³-hybridized carbons (Fsp3) is 0.409. The quantitative estimate of drug-likeness (QED) is 0.285. The molecule has 0 spiro atoms. The van der Waals surface area contributed by atoms with E-state index in [-0.39, 0.29) is 12.2 Å². The molecule has 186 valence electrons. The Hall–Kier alpha value is -3.68. The molecule has 1 aromatic heterocycles. The zero-order valence-corrected chi connectivity index (χ0v) is 19.5. The van der Waals surface area contributed by atoms with Crippen LogP contribution in [0.15, 0.2) is 42.5 Å². The predicted octanol–water partition coefficient (Wildman–Crippen LogP) is 2.14. The van der Waals surface area contributed by atoms with E-state index in [1.165, 1.54) is 61.5 Å². The number of anilines is 1. The van der Waals surface area contributed by atoms with Crippen LogP contribution in [0.3, 0.4) is 0 Å². The summed E-state index contributed by atoms with van der Waals surface area (Å²) in [5, 5.41) is 35.4. The minimum Gasteiger partial charge on any atom is -0.479 e. The molecule has 0 amide bonds. The van der Waals surface area contributed by atoms with Crippen molar-refractivity contribution in [3.8, 4) is 5.75 Å². The van der Waals surface area contributed by atoms with Crippen LogP contribution in [-0.2, 0) is 23.1 Å². The van der Waals surface area contributed by atoms with Crippen molar-refractivity contribution in [3.63, 3.8) is 0 Å². The summed E-state index contributed by atoms with van der Waals surface area (Å²) < 4.78 is 30.8. The van der Waals surface area contributed by atoms with Gasteiger partial charge in [0.25, 0.3) is 5.69 Å². The Morgan fingerprint density at radius 3 is 2.54 bits per heavy atom. The van der Waals surface area contributed by atoms with Crippen LogP contribution in [0.2, 0.25) is 0 Å². The molecule has 4 rings (SSSR count). The van der Waals surface area contributed by atoms with Gasteiger partial charge in [0, 0.05) is 37.6 Å². The number of nitrogens with zero attached hydrogens (tertiary/aromatic N) is 6. The van der Waals surface area contributed by atoms with Crippen LogP contribution in [0.1, 0.15) is 24.4 Å². The SMILES string of the molecule is COC(OC)C1(C)Oc2ccc([N+](=O)[O-])cc2[C@@H](N(Cc2nnn(C)n2)c2ccc(F)cc2)[C@@H]1O. The molecular weight excluding hydrogens is 463 g/mol. The van der Waals surface area contributed by atoms with Crippen LogP contribution in [0.4, 0.5) is 15.8 Å². The van der Waals surface area contributed by atoms with Crippen LogP contribution >= 0.6 is 0 Å². The van der Waals surface area contributed by atoms with E-state index in [2.05, 4.69) is 15.4 Å². The molecular formula is C22H25FN6O6. The highest BCUT2D eigenvalue weighted by Crippen LogP contribution is 2.47. The highest BCUT2D eigenvalue weighted by molar-refractivity contribution is 5.55. The Labute approximate surface area is 200 Å². The van der Waals surface area contributed by atoms with Gasteiger partial charge >= 0.3 is 0 Å². The van der Waals surface area contributed by atoms with E-state index in [0.717, 1.165) is 0 Å². The maximum absolute atomic E-state index is 13.8. The summed E-state index contributed by atoms with van der Waals surface area (Å²) in [5.41, 5.74) is -0.745. The molecule has 2 heterocycles. The number of aliphatic hydroxyl groups excluding tert-OH is 1. The topological polar surface area (TPSA) is 138 Å². The van der Waals surface area contributed by atoms with E-state index in [0.29, 0.717) is 22.8 Å². The minimum absolute atomic E-state index is 0.0457. The van der Waals surface area contributed by atoms with E-state index < -0.39 is 34.8 Å². The number of nitro groups is 1. The summed E-state index contributed by atoms with van der Waals surface area (Å²) in [6.45, 7) is 1.67. The van der Waals surface area contributed by atoms with Crippen molar-refractivity contribution in [1.82, 2.24) is 20.2 Å². The van der Waals surface area contributed by atoms with E-state index >= 15 is 0 Å². The predicted molar refractivity (Wildman–Crippen MR) is 120 cm³/mol. The van der Waals surface area contributed by atoms with Gasteiger partial charge < -0.3 is 24.2 Å². The van der Waals surface area contributed by atoms with Crippen molar-refractivity contribution in [2.24, 2.45) is 7.05 Å². The van der Waals surface area contributed by atoms with Gasteiger partial charge in [-0.05, 0) is 42.5 Å². The Balaban J connectivity index is 1.92. The van der Waals surface area contributed by atoms with Gasteiger partial charge in [-0.1, -0.05) is 0 Å². The summed E-state index contributed by atoms with van der Waals surface area (Å²) in [6.07, 6.45) is -2.32. The first-order chi connectivity index (χ1) is 16.7. The highest BCUT2D eigenvalue weighted by atomic mass is 19.1. The lowest BCUT2D eigenvalue weighted by Gasteiger charge is -2.49. The Kier molecular flexibility index (Phi) is 6.65. The first-order valence-electron chi connectivity index (χ1n) is 10.6. The lowest BCUT2D eigenvalue weighted by Crippen LogP contribution is -2.62. The number of fused-ring (bicyclic) bond motifs is 1. The number of rotatable bonds is 8. The number of hydrogen-bond acceptors (Lipinski definition) is 10. The zero-order valence-electron chi connectivity index (χ0n) is 19.5. The summed E-state index contributed by atoms with van der Waals surface area (Å²) in [7, 11) is 4.44. The summed E-state index contributed by atoms with van der Waals surface area (Å²) >= 11 is 0. The first kappa shape index (κ1) is 24.4. The normalized spacial score (nSPS) is 21.5. The van der Waals surface area contributed by atoms with Crippen LogP contribution in [0.5, 0.6) is 5.75 Å². The number of aliphatic hydroxyl groups is 1. The minimum atomic E-state index is -1.43. The summed E-state index contributed by atoms with van der Waals surface area (Å²) in [4.78, 5) is 14.0. The van der Waals surface area contributed by atoms with Gasteiger partial charge in [-0.25, -0.2) is 4.39 Å². The molecule has 12 nitrogen and oxygen atoms in total. The van der Waals surface area contributed by atoms with E-state index in [4.69, 9.17) is 14.2 Å². The monoisotopic (exact) mass is 488 g/mol. The second-order valence-electron chi connectivity index (χ2n) is 8.26. The average Bonchev–Trinajstić information content (AvgIpc) is 3.24. The van der Waals surface area contributed by atoms with E-state index in [1.807, 2.05) is 0 Å². The molecule has 1 N–H and O–H groups in total. The highest BCUT2D eigenvalue weighted by Gasteiger charge is 2.54. The standard InChI is InChI=1S/C22H25FN6O6/c1-22(21(33-3)34-4)20(30)19(16-11-15(29(31)32)9-10-17(16)35-22)28(12-18-24-26-27(2)25-18)14-7-5-13(23)6-8-14/h5-11,19-21,30H,12H2,1-4H3/t19-,20+,22?/m1/s1. The number of halogens is 1. The van der Waals surface area contributed by atoms with Crippen molar-refractivity contribution in [1.29, 1.82) is 0 Å². The lowest BCUT2D eigenvalue weighted by atomic mass is 9.83. The number of non-ortho nitro benzene ring substituents is 1. The van der Waals surface area contributed by atoms with Gasteiger partial charge in [-0.15, -0.1) is 10.2 Å². The third-order valence-electron chi connectivity index (χ3n) is 5.99. The van der Waals surface area contributed by atoms with E-state index in [1.54, 1.807) is 18.9 Å². The number of tetrazole rings is 1. The van der Waals surface area contributed by atoms with Crippen molar-refractivity contribution in [2.45, 2.75) is 37.5 Å². The van der Waals surface area contributed by atoms with Gasteiger partial charge in [0.1, 0.15) is 17.7 Å². The maximum atomic E-state index is 13.8. The molecule has 1 aliphatic rings. The largest absolute Gasteiger partial charge is 0.479 e. The van der Waals surface area contributed by atoms with Crippen LogP contribution in [0.25, 0.3) is 0 Å². The summed E-state index contributed by atoms with van der Waals surface area (Å²) in [5.74, 6) is 0.171. The molecule has 3 aromatic rings. The Bertz CT molecular complexity index is 1200. The van der Waals surface area contributed by atoms with Crippen LogP contribution in [0, 0.1) is 15.9 Å². The Morgan fingerprint density at radius 1 is 1.29 bits per heavy atom. The molecule has 3 atom stereocenters. The molecule has 1 aliphatic heterocycles. The van der Waals surface area contributed by atoms with Crippen molar-refractivity contribution >= 4 is 11.4 Å². The molecule has 0 radical (unpaired) electrons. The molecule has 13 heteroatoms. The van der Waals surface area contributed by atoms with Crippen molar-refractivity contribution in [3.05, 3.63) is 69.8 Å². The van der Waals surface area contributed by atoms with Gasteiger partial charge in [-0.3, -0.25) is 10.1 Å². The summed E-state index contributed by atoms with van der Waals surface area (Å²) in [6, 6.07) is 8.82. The molecule has 0 aliphatic carbocycles. The molecule has 0 saturated heterocycles. The fourth-order valence-electron chi connectivity index (χ4n) is 4.37. The maximum Gasteiger partial charge on any atom is 0.270 e. The van der Waals surface area contributed by atoms with Gasteiger partial charge in [-0.2, -0.15) is 4.80 Å². The van der Waals surface area contributed by atoms with E-state index in [9.17, 15) is 19.6 Å². The molecule has 35 heavy (non-hydrogen) atoms. The van der Waals surface area contributed by atoms with Gasteiger partial charge in [0.05, 0.1) is 24.6 Å². The smallest absolute Gasteiger partial charge is 0.270 e. The first-order valence-corrected chi connectivity index (χ1v) is 10.6. The second kappa shape index (κ2) is 9.52. The molecule has 0 bridgehead atoms. The Morgan fingerprint density at radius 2 is 1.97 bits per heavy atom. The number of benzene rings is 2.